The molecule has 0 aliphatic heterocycles. The van der Waals surface area contributed by atoms with Gasteiger partial charge in [-0.05, 0) is 42.3 Å². The maximum atomic E-state index is 14.6. The summed E-state index contributed by atoms with van der Waals surface area (Å²) in [6.07, 6.45) is -10.4. The summed E-state index contributed by atoms with van der Waals surface area (Å²) in [5.41, 5.74) is -2.70. The fourth-order valence-corrected chi connectivity index (χ4v) is 3.68. The number of ether oxygens (including phenoxy) is 1. The maximum Gasteiger partial charge on any atom is 0.432 e. The Kier molecular flexibility index (Phi) is 7.57. The van der Waals surface area contributed by atoms with E-state index in [0.29, 0.717) is 17.7 Å². The number of halogens is 10. The highest BCUT2D eigenvalue weighted by molar-refractivity contribution is 5.65. The molecule has 1 nitrogen and oxygen atoms in total. The van der Waals surface area contributed by atoms with Crippen LogP contribution in [0.15, 0.2) is 66.7 Å². The van der Waals surface area contributed by atoms with Crippen molar-refractivity contribution < 1.29 is 48.6 Å². The first-order valence-corrected chi connectivity index (χ1v) is 11.2. The molecule has 11 heteroatoms. The smallest absolute Gasteiger partial charge is 0.429 e. The van der Waals surface area contributed by atoms with E-state index in [2.05, 4.69) is 16.6 Å². The van der Waals surface area contributed by atoms with Crippen molar-refractivity contribution in [1.82, 2.24) is 0 Å². The Morgan fingerprint density at radius 1 is 0.575 bits per heavy atom. The molecule has 0 spiro atoms. The third-order valence-electron chi connectivity index (χ3n) is 5.57. The van der Waals surface area contributed by atoms with Gasteiger partial charge in [-0.15, -0.1) is 0 Å². The van der Waals surface area contributed by atoms with Crippen molar-refractivity contribution in [2.45, 2.75) is 19.2 Å². The molecule has 0 radical (unpaired) electrons. The number of hydrogen-bond donors (Lipinski definition) is 0. The summed E-state index contributed by atoms with van der Waals surface area (Å²) in [4.78, 5) is 0. The van der Waals surface area contributed by atoms with E-state index < -0.39 is 63.8 Å². The molecule has 40 heavy (non-hydrogen) atoms. The van der Waals surface area contributed by atoms with Crippen LogP contribution in [0, 0.1) is 47.9 Å². The highest BCUT2D eigenvalue weighted by Crippen LogP contribution is 2.39. The van der Waals surface area contributed by atoms with Crippen LogP contribution >= 0.6 is 0 Å². The number of rotatable bonds is 4. The van der Waals surface area contributed by atoms with Crippen LogP contribution in [0.5, 0.6) is 5.75 Å². The zero-order valence-electron chi connectivity index (χ0n) is 20.0. The largest absolute Gasteiger partial charge is 0.432 e. The van der Waals surface area contributed by atoms with E-state index in [1.54, 1.807) is 18.2 Å². The van der Waals surface area contributed by atoms with Gasteiger partial charge in [-0.2, -0.15) is 22.0 Å². The molecule has 0 atom stereocenters. The predicted octanol–water partition coefficient (Wildman–Crippen LogP) is 8.90. The minimum absolute atomic E-state index is 0.152. The number of hydrogen-bond acceptors (Lipinski definition) is 1. The van der Waals surface area contributed by atoms with Gasteiger partial charge in [0.25, 0.3) is 0 Å². The summed E-state index contributed by atoms with van der Waals surface area (Å²) in [6.45, 7) is 1.89. The molecular weight excluding hydrogens is 554 g/mol. The minimum Gasteiger partial charge on any atom is -0.429 e. The van der Waals surface area contributed by atoms with Gasteiger partial charge in [0.1, 0.15) is 46.0 Å². The van der Waals surface area contributed by atoms with E-state index in [1.807, 2.05) is 19.1 Å². The van der Waals surface area contributed by atoms with Crippen LogP contribution in [0.25, 0.3) is 11.1 Å². The lowest BCUT2D eigenvalue weighted by molar-refractivity contribution is -0.189. The van der Waals surface area contributed by atoms with Crippen molar-refractivity contribution in [1.29, 1.82) is 0 Å². The third-order valence-corrected chi connectivity index (χ3v) is 5.57. The van der Waals surface area contributed by atoms with Gasteiger partial charge in [0.05, 0.1) is 5.56 Å². The predicted molar refractivity (Wildman–Crippen MR) is 125 cm³/mol. The standard InChI is InChI=1S/C29H14F10O/c1-15-2-5-17(6-3-15)19-9-8-18(21(30)12-19)7-4-16-10-22(31)27(23(32)11-16)29(38,39)40-20-13-24(33)26(25(34)14-20)28(35,36)37/h2-3,5-6,8-14H,1H3. The van der Waals surface area contributed by atoms with Crippen LogP contribution in [0.1, 0.15) is 27.8 Å². The first-order valence-electron chi connectivity index (χ1n) is 11.2. The van der Waals surface area contributed by atoms with Gasteiger partial charge in [0.2, 0.25) is 0 Å². The SMILES string of the molecule is Cc1ccc(-c2ccc(C#Cc3cc(F)c(C(F)(F)Oc4cc(F)c(C(F)(F)F)c(F)c4)c(F)c3)c(F)c2)cc1. The zero-order valence-corrected chi connectivity index (χ0v) is 20.0. The van der Waals surface area contributed by atoms with Crippen molar-refractivity contribution >= 4 is 0 Å². The van der Waals surface area contributed by atoms with Gasteiger partial charge in [-0.3, -0.25) is 0 Å². The molecule has 0 unspecified atom stereocenters. The zero-order chi connectivity index (χ0) is 29.4. The molecular formula is C29H14F10O. The number of alkyl halides is 5. The second kappa shape index (κ2) is 10.6. The molecule has 0 fully saturated rings. The Hall–Kier alpha value is -4.46. The lowest BCUT2D eigenvalue weighted by Gasteiger charge is -2.20. The van der Waals surface area contributed by atoms with E-state index >= 15 is 0 Å². The van der Waals surface area contributed by atoms with Crippen molar-refractivity contribution in [3.63, 3.8) is 0 Å². The van der Waals surface area contributed by atoms with Gasteiger partial charge >= 0.3 is 12.3 Å². The molecule has 0 aromatic heterocycles. The first-order chi connectivity index (χ1) is 18.7. The molecule has 4 rings (SSSR count). The van der Waals surface area contributed by atoms with Crippen LogP contribution in [0.3, 0.4) is 0 Å². The van der Waals surface area contributed by atoms with Crippen molar-refractivity contribution in [2.24, 2.45) is 0 Å². The second-order valence-corrected chi connectivity index (χ2v) is 8.50. The summed E-state index contributed by atoms with van der Waals surface area (Å²) in [5, 5.41) is 0. The maximum absolute atomic E-state index is 14.6. The fourth-order valence-electron chi connectivity index (χ4n) is 3.68. The van der Waals surface area contributed by atoms with Gasteiger partial charge in [-0.1, -0.05) is 47.7 Å². The summed E-state index contributed by atoms with van der Waals surface area (Å²) in [5.74, 6) is -5.94. The number of aryl methyl sites for hydroxylation is 1. The quantitative estimate of drug-likeness (QED) is 0.177. The van der Waals surface area contributed by atoms with E-state index in [0.717, 1.165) is 11.1 Å². The molecule has 0 N–H and O–H groups in total. The molecule has 206 valence electrons. The molecule has 0 heterocycles. The molecule has 0 amide bonds. The van der Waals surface area contributed by atoms with Crippen molar-refractivity contribution in [3.05, 3.63) is 124 Å². The molecule has 0 saturated heterocycles. The Morgan fingerprint density at radius 3 is 1.62 bits per heavy atom. The van der Waals surface area contributed by atoms with Crippen LogP contribution in [0.4, 0.5) is 43.9 Å². The highest BCUT2D eigenvalue weighted by Gasteiger charge is 2.43. The van der Waals surface area contributed by atoms with Crippen LogP contribution in [-0.4, -0.2) is 0 Å². The Balaban J connectivity index is 1.59. The molecule has 4 aromatic rings. The summed E-state index contributed by atoms with van der Waals surface area (Å²) >= 11 is 0. The first kappa shape index (κ1) is 28.5. The van der Waals surface area contributed by atoms with E-state index in [-0.39, 0.29) is 17.7 Å². The van der Waals surface area contributed by atoms with Crippen molar-refractivity contribution in [2.75, 3.05) is 0 Å². The summed E-state index contributed by atoms with van der Waals surface area (Å²) < 4.78 is 142. The lowest BCUT2D eigenvalue weighted by atomic mass is 10.0. The van der Waals surface area contributed by atoms with Gasteiger partial charge in [-0.25, -0.2) is 22.0 Å². The second-order valence-electron chi connectivity index (χ2n) is 8.50. The molecule has 0 aliphatic rings. The van der Waals surface area contributed by atoms with Gasteiger partial charge < -0.3 is 4.74 Å². The normalized spacial score (nSPS) is 11.7. The Labute approximate surface area is 220 Å². The molecule has 0 bridgehead atoms. The van der Waals surface area contributed by atoms with Crippen LogP contribution in [-0.2, 0) is 12.3 Å². The fraction of sp³-hybridized carbons (Fsp3) is 0.103. The molecule has 0 saturated carbocycles. The van der Waals surface area contributed by atoms with Crippen LogP contribution < -0.4 is 4.74 Å². The van der Waals surface area contributed by atoms with E-state index in [9.17, 15) is 43.9 Å². The topological polar surface area (TPSA) is 9.23 Å². The van der Waals surface area contributed by atoms with E-state index in [4.69, 9.17) is 0 Å². The third kappa shape index (κ3) is 6.06. The average molecular weight is 568 g/mol. The van der Waals surface area contributed by atoms with E-state index in [1.165, 1.54) is 12.1 Å². The Bertz CT molecular complexity index is 1600. The minimum atomic E-state index is -5.48. The average Bonchev–Trinajstić information content (AvgIpc) is 2.81. The van der Waals surface area contributed by atoms with Crippen LogP contribution in [0.2, 0.25) is 0 Å². The van der Waals surface area contributed by atoms with Crippen molar-refractivity contribution in [3.8, 4) is 28.7 Å². The van der Waals surface area contributed by atoms with Gasteiger partial charge in [0, 0.05) is 17.7 Å². The monoisotopic (exact) mass is 568 g/mol. The number of benzene rings is 4. The highest BCUT2D eigenvalue weighted by atomic mass is 19.4. The summed E-state index contributed by atoms with van der Waals surface area (Å²) in [7, 11) is 0. The lowest BCUT2D eigenvalue weighted by Crippen LogP contribution is -2.25. The molecule has 0 aliphatic carbocycles. The molecule has 4 aromatic carbocycles. The Morgan fingerprint density at radius 2 is 1.10 bits per heavy atom. The summed E-state index contributed by atoms with van der Waals surface area (Å²) in [6, 6.07) is 11.7. The van der Waals surface area contributed by atoms with Gasteiger partial charge in [0.15, 0.2) is 0 Å².